The van der Waals surface area contributed by atoms with Crippen LogP contribution in [0.3, 0.4) is 0 Å². The standard InChI is InChI=1S/C9H10O2.2ClH.Ru/c1-2-11-9(10)8-6-4-3-5-7-8;;;/h3-7H,2H2,1H3;2*1H;/q;;;+2/p-2. The van der Waals surface area contributed by atoms with E-state index >= 15 is 0 Å². The topological polar surface area (TPSA) is 26.3 Å². The first-order valence-electron chi connectivity index (χ1n) is 3.83. The van der Waals surface area contributed by atoms with E-state index < -0.39 is 0 Å². The quantitative estimate of drug-likeness (QED) is 0.617. The van der Waals surface area contributed by atoms with Crippen molar-refractivity contribution in [1.29, 1.82) is 0 Å². The molecule has 0 saturated heterocycles. The first-order valence-corrected chi connectivity index (χ1v) is 8.31. The van der Waals surface area contributed by atoms with Gasteiger partial charge in [0.05, 0.1) is 12.2 Å². The molecule has 0 unspecified atom stereocenters. The van der Waals surface area contributed by atoms with E-state index in [-0.39, 0.29) is 21.1 Å². The molecule has 1 rings (SSSR count). The molecule has 14 heavy (non-hydrogen) atoms. The summed E-state index contributed by atoms with van der Waals surface area (Å²) in [4.78, 5) is 11.0. The average molecular weight is 322 g/mol. The number of hydrogen-bond donors (Lipinski definition) is 0. The molecule has 0 N–H and O–H groups in total. The summed E-state index contributed by atoms with van der Waals surface area (Å²) in [6.07, 6.45) is 0. The van der Waals surface area contributed by atoms with Crippen LogP contribution in [0.5, 0.6) is 0 Å². The molecule has 0 aromatic heterocycles. The molecule has 0 radical (unpaired) electrons. The van der Waals surface area contributed by atoms with E-state index in [1.54, 1.807) is 19.1 Å². The number of esters is 1. The van der Waals surface area contributed by atoms with E-state index in [1.165, 1.54) is 0 Å². The van der Waals surface area contributed by atoms with E-state index in [0.717, 1.165) is 0 Å². The summed E-state index contributed by atoms with van der Waals surface area (Å²) in [5, 5.41) is 0. The summed E-state index contributed by atoms with van der Waals surface area (Å²) in [6.45, 7) is 2.22. The predicted molar refractivity (Wildman–Crippen MR) is 54.1 cm³/mol. The van der Waals surface area contributed by atoms with Crippen LogP contribution in [0.15, 0.2) is 30.3 Å². The van der Waals surface area contributed by atoms with Crippen LogP contribution >= 0.6 is 19.4 Å². The number of rotatable bonds is 2. The fourth-order valence-corrected chi connectivity index (χ4v) is 0.789. The Kier molecular flexibility index (Phi) is 9.38. The van der Waals surface area contributed by atoms with Crippen molar-refractivity contribution < 1.29 is 24.7 Å². The van der Waals surface area contributed by atoms with Crippen molar-refractivity contribution >= 4 is 25.4 Å². The molecular formula is C9H10Cl2O2Ru. The third kappa shape index (κ3) is 6.36. The van der Waals surface area contributed by atoms with Crippen molar-refractivity contribution in [3.63, 3.8) is 0 Å². The summed E-state index contributed by atoms with van der Waals surface area (Å²) >= 11 is -0.346. The van der Waals surface area contributed by atoms with Crippen LogP contribution in [0.4, 0.5) is 0 Å². The molecule has 0 aliphatic rings. The molecule has 0 fully saturated rings. The second-order valence-electron chi connectivity index (χ2n) is 2.14. The van der Waals surface area contributed by atoms with Crippen LogP contribution in [0.25, 0.3) is 0 Å². The molecular weight excluding hydrogens is 312 g/mol. The van der Waals surface area contributed by atoms with Gasteiger partial charge in [0.25, 0.3) is 0 Å². The average Bonchev–Trinajstić information content (AvgIpc) is 2.21. The van der Waals surface area contributed by atoms with Crippen molar-refractivity contribution in [3.05, 3.63) is 35.9 Å². The minimum atomic E-state index is -0.346. The van der Waals surface area contributed by atoms with Gasteiger partial charge in [-0.1, -0.05) is 18.2 Å². The molecule has 0 aliphatic carbocycles. The van der Waals surface area contributed by atoms with Crippen molar-refractivity contribution in [2.75, 3.05) is 6.61 Å². The van der Waals surface area contributed by atoms with Gasteiger partial charge in [-0.3, -0.25) is 0 Å². The van der Waals surface area contributed by atoms with Crippen LogP contribution in [-0.4, -0.2) is 12.6 Å². The minimum absolute atomic E-state index is 0.256. The zero-order valence-corrected chi connectivity index (χ0v) is 10.8. The zero-order valence-electron chi connectivity index (χ0n) is 7.52. The van der Waals surface area contributed by atoms with Gasteiger partial charge in [-0.2, -0.15) is 0 Å². The van der Waals surface area contributed by atoms with Crippen molar-refractivity contribution in [1.82, 2.24) is 0 Å². The van der Waals surface area contributed by atoms with Crippen molar-refractivity contribution in [2.45, 2.75) is 6.92 Å². The van der Waals surface area contributed by atoms with E-state index in [4.69, 9.17) is 24.1 Å². The fourth-order valence-electron chi connectivity index (χ4n) is 0.789. The zero-order chi connectivity index (χ0) is 10.8. The van der Waals surface area contributed by atoms with Crippen molar-refractivity contribution in [2.24, 2.45) is 0 Å². The molecule has 80 valence electrons. The van der Waals surface area contributed by atoms with Gasteiger partial charge in [0.1, 0.15) is 0 Å². The Bertz CT molecular complexity index is 254. The summed E-state index contributed by atoms with van der Waals surface area (Å²) in [7, 11) is 9.71. The van der Waals surface area contributed by atoms with Crippen LogP contribution in [0.1, 0.15) is 17.3 Å². The summed E-state index contributed by atoms with van der Waals surface area (Å²) in [5.41, 5.74) is 0.606. The molecule has 1 aromatic rings. The summed E-state index contributed by atoms with van der Waals surface area (Å²) in [6, 6.07) is 8.96. The van der Waals surface area contributed by atoms with Gasteiger partial charge in [-0.25, -0.2) is 4.79 Å². The molecule has 0 saturated carbocycles. The molecule has 2 nitrogen and oxygen atoms in total. The molecule has 0 atom stereocenters. The Labute approximate surface area is 99.2 Å². The molecule has 0 spiro atoms. The number of carbonyl (C=O) groups is 1. The van der Waals surface area contributed by atoms with Gasteiger partial charge in [0.2, 0.25) is 0 Å². The van der Waals surface area contributed by atoms with E-state index in [9.17, 15) is 4.79 Å². The summed E-state index contributed by atoms with van der Waals surface area (Å²) < 4.78 is 4.79. The second kappa shape index (κ2) is 9.45. The van der Waals surface area contributed by atoms with Crippen LogP contribution < -0.4 is 0 Å². The van der Waals surface area contributed by atoms with E-state index in [0.29, 0.717) is 12.2 Å². The van der Waals surface area contributed by atoms with Gasteiger partial charge in [0.15, 0.2) is 0 Å². The van der Waals surface area contributed by atoms with Gasteiger partial charge in [-0.15, -0.1) is 0 Å². The number of ether oxygens (including phenoxy) is 1. The molecule has 1 aromatic carbocycles. The number of halogens is 2. The predicted octanol–water partition coefficient (Wildman–Crippen LogP) is 3.24. The van der Waals surface area contributed by atoms with E-state index in [1.807, 2.05) is 18.2 Å². The van der Waals surface area contributed by atoms with Gasteiger partial charge < -0.3 is 4.74 Å². The normalized spacial score (nSPS) is 8.79. The number of carbonyl (C=O) groups excluding carboxylic acids is 1. The fraction of sp³-hybridized carbons (Fsp3) is 0.222. The van der Waals surface area contributed by atoms with Gasteiger partial charge in [0, 0.05) is 0 Å². The SMILES string of the molecule is CCOC(=O)c1ccccc1.[Cl][Ru][Cl]. The molecule has 5 heteroatoms. The van der Waals surface area contributed by atoms with Gasteiger partial charge in [-0.05, 0) is 19.1 Å². The maximum atomic E-state index is 11.0. The number of hydrogen-bond acceptors (Lipinski definition) is 2. The van der Waals surface area contributed by atoms with Gasteiger partial charge >= 0.3 is 40.5 Å². The molecule has 0 amide bonds. The first-order chi connectivity index (χ1) is 6.76. The Balaban J connectivity index is 0.000000500. The van der Waals surface area contributed by atoms with Crippen LogP contribution in [0, 0.1) is 0 Å². The molecule has 0 aliphatic heterocycles. The monoisotopic (exact) mass is 322 g/mol. The number of benzene rings is 1. The van der Waals surface area contributed by atoms with Crippen molar-refractivity contribution in [3.8, 4) is 0 Å². The maximum absolute atomic E-state index is 11.0. The Morgan fingerprint density at radius 2 is 1.86 bits per heavy atom. The van der Waals surface area contributed by atoms with Crippen LogP contribution in [-0.2, 0) is 19.9 Å². The summed E-state index contributed by atoms with van der Waals surface area (Å²) in [5.74, 6) is -0.256. The van der Waals surface area contributed by atoms with Crippen LogP contribution in [0.2, 0.25) is 0 Å². The molecule has 0 bridgehead atoms. The Morgan fingerprint density at radius 3 is 2.29 bits per heavy atom. The Morgan fingerprint density at radius 1 is 1.36 bits per heavy atom. The first kappa shape index (κ1) is 13.9. The third-order valence-electron chi connectivity index (χ3n) is 1.28. The third-order valence-corrected chi connectivity index (χ3v) is 1.28. The second-order valence-corrected chi connectivity index (χ2v) is 4.78. The Hall–Kier alpha value is -0.107. The molecule has 0 heterocycles. The van der Waals surface area contributed by atoms with E-state index in [2.05, 4.69) is 0 Å².